The lowest BCUT2D eigenvalue weighted by Crippen LogP contribution is -2.40. The molecule has 31 heavy (non-hydrogen) atoms. The molecule has 5 rings (SSSR count). The highest BCUT2D eigenvalue weighted by Crippen LogP contribution is 2.34. The van der Waals surface area contributed by atoms with Gasteiger partial charge in [0.15, 0.2) is 17.3 Å². The Morgan fingerprint density at radius 2 is 1.74 bits per heavy atom. The van der Waals surface area contributed by atoms with Crippen LogP contribution in [0.5, 0.6) is 11.5 Å². The Balaban J connectivity index is 1.48. The standard InChI is InChI=1S/C23H24N4O4/c28-23-19(14-17-4-2-1-3-5-17)24-22(18-6-7-20-21(15-18)31-16-30-20)25-27(23)9-8-26-10-12-29-13-11-26/h1-7,15H,8-14,16H2. The van der Waals surface area contributed by atoms with Crippen LogP contribution >= 0.6 is 0 Å². The van der Waals surface area contributed by atoms with Crippen LogP contribution in [0.3, 0.4) is 0 Å². The van der Waals surface area contributed by atoms with Gasteiger partial charge in [-0.2, -0.15) is 0 Å². The maximum atomic E-state index is 13.2. The number of rotatable bonds is 6. The van der Waals surface area contributed by atoms with Gasteiger partial charge < -0.3 is 14.2 Å². The second-order valence-electron chi connectivity index (χ2n) is 7.59. The molecule has 160 valence electrons. The van der Waals surface area contributed by atoms with E-state index in [1.165, 1.54) is 0 Å². The first-order chi connectivity index (χ1) is 15.3. The van der Waals surface area contributed by atoms with Crippen LogP contribution in [-0.2, 0) is 17.7 Å². The van der Waals surface area contributed by atoms with E-state index >= 15 is 0 Å². The van der Waals surface area contributed by atoms with Gasteiger partial charge in [-0.1, -0.05) is 30.3 Å². The number of aromatic nitrogens is 3. The zero-order valence-electron chi connectivity index (χ0n) is 17.2. The molecule has 0 spiro atoms. The minimum Gasteiger partial charge on any atom is -0.454 e. The van der Waals surface area contributed by atoms with Crippen molar-refractivity contribution in [1.29, 1.82) is 0 Å². The topological polar surface area (TPSA) is 78.7 Å². The van der Waals surface area contributed by atoms with Crippen molar-refractivity contribution in [1.82, 2.24) is 19.7 Å². The van der Waals surface area contributed by atoms with E-state index in [2.05, 4.69) is 15.0 Å². The quantitative estimate of drug-likeness (QED) is 0.603. The van der Waals surface area contributed by atoms with Gasteiger partial charge in [0.25, 0.3) is 5.56 Å². The molecule has 2 aromatic carbocycles. The Hall–Kier alpha value is -3.23. The molecule has 1 saturated heterocycles. The summed E-state index contributed by atoms with van der Waals surface area (Å²) in [4.78, 5) is 20.1. The molecule has 2 aliphatic rings. The van der Waals surface area contributed by atoms with Crippen LogP contribution < -0.4 is 15.0 Å². The van der Waals surface area contributed by atoms with E-state index in [-0.39, 0.29) is 12.4 Å². The lowest BCUT2D eigenvalue weighted by Gasteiger charge is -2.26. The van der Waals surface area contributed by atoms with Crippen molar-refractivity contribution in [2.45, 2.75) is 13.0 Å². The Labute approximate surface area is 180 Å². The smallest absolute Gasteiger partial charge is 0.288 e. The predicted octanol–water partition coefficient (Wildman–Crippen LogP) is 1.96. The van der Waals surface area contributed by atoms with Gasteiger partial charge in [0.1, 0.15) is 5.69 Å². The van der Waals surface area contributed by atoms with Crippen molar-refractivity contribution >= 4 is 0 Å². The molecule has 3 heterocycles. The molecule has 0 aliphatic carbocycles. The fourth-order valence-corrected chi connectivity index (χ4v) is 3.78. The van der Waals surface area contributed by atoms with Crippen LogP contribution in [0.1, 0.15) is 11.3 Å². The first-order valence-corrected chi connectivity index (χ1v) is 10.5. The third kappa shape index (κ3) is 4.45. The van der Waals surface area contributed by atoms with Crippen LogP contribution in [-0.4, -0.2) is 59.3 Å². The summed E-state index contributed by atoms with van der Waals surface area (Å²) in [5.74, 6) is 1.87. The summed E-state index contributed by atoms with van der Waals surface area (Å²) in [5.41, 5.74) is 2.16. The average molecular weight is 420 g/mol. The first-order valence-electron chi connectivity index (χ1n) is 10.5. The molecular formula is C23H24N4O4. The van der Waals surface area contributed by atoms with Gasteiger partial charge in [-0.25, -0.2) is 9.67 Å². The Kier molecular flexibility index (Phi) is 5.64. The molecule has 1 aromatic heterocycles. The minimum atomic E-state index is -0.151. The van der Waals surface area contributed by atoms with E-state index in [1.807, 2.05) is 48.5 Å². The average Bonchev–Trinajstić information content (AvgIpc) is 3.29. The third-order valence-electron chi connectivity index (χ3n) is 5.51. The Morgan fingerprint density at radius 1 is 0.935 bits per heavy atom. The molecule has 0 amide bonds. The Bertz CT molecular complexity index is 1110. The van der Waals surface area contributed by atoms with Crippen molar-refractivity contribution in [2.75, 3.05) is 39.6 Å². The number of fused-ring (bicyclic) bond motifs is 1. The number of morpholine rings is 1. The van der Waals surface area contributed by atoms with Crippen LogP contribution in [0.2, 0.25) is 0 Å². The maximum Gasteiger partial charge on any atom is 0.288 e. The zero-order valence-corrected chi connectivity index (χ0v) is 17.2. The SMILES string of the molecule is O=c1c(Cc2ccccc2)nc(-c2ccc3c(c2)OCO3)nn1CCN1CCOCC1. The van der Waals surface area contributed by atoms with Crippen LogP contribution in [0.25, 0.3) is 11.4 Å². The molecule has 0 unspecified atom stereocenters. The van der Waals surface area contributed by atoms with Crippen LogP contribution in [0.15, 0.2) is 53.3 Å². The van der Waals surface area contributed by atoms with E-state index in [9.17, 15) is 4.79 Å². The fraction of sp³-hybridized carbons (Fsp3) is 0.348. The number of ether oxygens (including phenoxy) is 3. The van der Waals surface area contributed by atoms with E-state index in [0.717, 1.165) is 44.0 Å². The van der Waals surface area contributed by atoms with E-state index in [0.29, 0.717) is 36.0 Å². The molecule has 0 saturated carbocycles. The van der Waals surface area contributed by atoms with Gasteiger partial charge in [-0.05, 0) is 23.8 Å². The molecule has 0 atom stereocenters. The van der Waals surface area contributed by atoms with Crippen LogP contribution in [0, 0.1) is 0 Å². The van der Waals surface area contributed by atoms with Crippen molar-refractivity contribution < 1.29 is 14.2 Å². The highest BCUT2D eigenvalue weighted by Gasteiger charge is 2.18. The first kappa shape index (κ1) is 19.7. The second kappa shape index (κ2) is 8.87. The summed E-state index contributed by atoms with van der Waals surface area (Å²) in [7, 11) is 0. The summed E-state index contributed by atoms with van der Waals surface area (Å²) >= 11 is 0. The van der Waals surface area contributed by atoms with Gasteiger partial charge in [-0.3, -0.25) is 9.69 Å². The second-order valence-corrected chi connectivity index (χ2v) is 7.59. The third-order valence-corrected chi connectivity index (χ3v) is 5.51. The number of hydrogen-bond donors (Lipinski definition) is 0. The molecule has 8 nitrogen and oxygen atoms in total. The monoisotopic (exact) mass is 420 g/mol. The molecule has 8 heteroatoms. The summed E-state index contributed by atoms with van der Waals surface area (Å²) < 4.78 is 17.9. The highest BCUT2D eigenvalue weighted by atomic mass is 16.7. The van der Waals surface area contributed by atoms with Crippen molar-refractivity contribution in [2.24, 2.45) is 0 Å². The van der Waals surface area contributed by atoms with Gasteiger partial charge in [0.05, 0.1) is 19.8 Å². The Morgan fingerprint density at radius 3 is 2.58 bits per heavy atom. The lowest BCUT2D eigenvalue weighted by molar-refractivity contribution is 0.0357. The summed E-state index contributed by atoms with van der Waals surface area (Å²) in [6.45, 7) is 4.63. The number of benzene rings is 2. The van der Waals surface area contributed by atoms with E-state index < -0.39 is 0 Å². The van der Waals surface area contributed by atoms with Crippen molar-refractivity contribution in [3.05, 3.63) is 70.1 Å². The molecule has 2 aliphatic heterocycles. The molecule has 0 N–H and O–H groups in total. The van der Waals surface area contributed by atoms with Gasteiger partial charge in [-0.15, -0.1) is 5.10 Å². The van der Waals surface area contributed by atoms with Crippen molar-refractivity contribution in [3.63, 3.8) is 0 Å². The molecule has 1 fully saturated rings. The highest BCUT2D eigenvalue weighted by molar-refractivity contribution is 5.61. The van der Waals surface area contributed by atoms with E-state index in [4.69, 9.17) is 14.2 Å². The number of hydrogen-bond acceptors (Lipinski definition) is 7. The van der Waals surface area contributed by atoms with Gasteiger partial charge in [0, 0.05) is 31.6 Å². The zero-order chi connectivity index (χ0) is 21.0. The largest absolute Gasteiger partial charge is 0.454 e. The molecule has 3 aromatic rings. The van der Waals surface area contributed by atoms with Crippen LogP contribution in [0.4, 0.5) is 0 Å². The minimum absolute atomic E-state index is 0.151. The molecular weight excluding hydrogens is 396 g/mol. The van der Waals surface area contributed by atoms with Gasteiger partial charge >= 0.3 is 0 Å². The van der Waals surface area contributed by atoms with E-state index in [1.54, 1.807) is 4.68 Å². The fourth-order valence-electron chi connectivity index (χ4n) is 3.78. The summed E-state index contributed by atoms with van der Waals surface area (Å²) in [6, 6.07) is 15.5. The summed E-state index contributed by atoms with van der Waals surface area (Å²) in [6.07, 6.45) is 0.456. The summed E-state index contributed by atoms with van der Waals surface area (Å²) in [5, 5.41) is 4.59. The molecule has 0 radical (unpaired) electrons. The predicted molar refractivity (Wildman–Crippen MR) is 114 cm³/mol. The number of nitrogens with zero attached hydrogens (tertiary/aromatic N) is 4. The maximum absolute atomic E-state index is 13.2. The molecule has 0 bridgehead atoms. The van der Waals surface area contributed by atoms with Gasteiger partial charge in [0.2, 0.25) is 6.79 Å². The lowest BCUT2D eigenvalue weighted by atomic mass is 10.1. The normalized spacial score (nSPS) is 15.9. The van der Waals surface area contributed by atoms with Crippen molar-refractivity contribution in [3.8, 4) is 22.9 Å².